The molecule has 0 spiro atoms. The average molecular weight is 455 g/mol. The lowest BCUT2D eigenvalue weighted by Gasteiger charge is -2.10. The van der Waals surface area contributed by atoms with Gasteiger partial charge in [-0.05, 0) is 80.1 Å². The van der Waals surface area contributed by atoms with Crippen molar-refractivity contribution >= 4 is 21.6 Å². The third kappa shape index (κ3) is 6.49. The summed E-state index contributed by atoms with van der Waals surface area (Å²) >= 11 is 0. The number of carbonyl (C=O) groups excluding carboxylic acids is 1. The van der Waals surface area contributed by atoms with Crippen molar-refractivity contribution in [2.45, 2.75) is 18.7 Å². The average Bonchev–Trinajstić information content (AvgIpc) is 2.77. The molecule has 8 heteroatoms. The lowest BCUT2D eigenvalue weighted by Crippen LogP contribution is -2.28. The van der Waals surface area contributed by atoms with E-state index in [-0.39, 0.29) is 10.8 Å². The predicted octanol–water partition coefficient (Wildman–Crippen LogP) is 4.00. The maximum absolute atomic E-state index is 12.6. The number of amides is 1. The van der Waals surface area contributed by atoms with Crippen LogP contribution in [0.4, 0.5) is 5.69 Å². The minimum absolute atomic E-state index is 0.122. The van der Waals surface area contributed by atoms with E-state index in [1.54, 1.807) is 36.4 Å². The van der Waals surface area contributed by atoms with Crippen LogP contribution in [0.5, 0.6) is 11.5 Å². The van der Waals surface area contributed by atoms with E-state index in [4.69, 9.17) is 9.47 Å². The van der Waals surface area contributed by atoms with Crippen LogP contribution in [-0.2, 0) is 10.0 Å². The first-order chi connectivity index (χ1) is 15.4. The van der Waals surface area contributed by atoms with Crippen LogP contribution in [0, 0.1) is 6.92 Å². The number of sulfonamides is 1. The second-order valence-corrected chi connectivity index (χ2v) is 8.69. The van der Waals surface area contributed by atoms with Gasteiger partial charge in [0.05, 0.1) is 18.0 Å². The van der Waals surface area contributed by atoms with E-state index in [9.17, 15) is 13.2 Å². The molecule has 0 aliphatic rings. The number of carbonyl (C=O) groups is 1. The topological polar surface area (TPSA) is 93.7 Å². The normalized spacial score (nSPS) is 10.9. The first-order valence-corrected chi connectivity index (χ1v) is 11.7. The Hall–Kier alpha value is -3.52. The molecule has 0 aromatic heterocycles. The molecule has 168 valence electrons. The van der Waals surface area contributed by atoms with Crippen LogP contribution in [0.15, 0.2) is 77.7 Å². The van der Waals surface area contributed by atoms with Gasteiger partial charge < -0.3 is 14.8 Å². The molecular weight excluding hydrogens is 428 g/mol. The monoisotopic (exact) mass is 454 g/mol. The van der Waals surface area contributed by atoms with Crippen molar-refractivity contribution in [1.82, 2.24) is 5.32 Å². The molecule has 32 heavy (non-hydrogen) atoms. The van der Waals surface area contributed by atoms with Crippen LogP contribution in [0.25, 0.3) is 0 Å². The Morgan fingerprint density at radius 3 is 2.28 bits per heavy atom. The molecule has 0 saturated heterocycles. The van der Waals surface area contributed by atoms with E-state index >= 15 is 0 Å². The fourth-order valence-corrected chi connectivity index (χ4v) is 3.98. The van der Waals surface area contributed by atoms with Gasteiger partial charge in [-0.15, -0.1) is 0 Å². The van der Waals surface area contributed by atoms with E-state index in [2.05, 4.69) is 10.0 Å². The molecule has 0 aliphatic heterocycles. The van der Waals surface area contributed by atoms with E-state index in [0.717, 1.165) is 11.3 Å². The van der Waals surface area contributed by atoms with Crippen molar-refractivity contribution in [2.24, 2.45) is 0 Å². The largest absolute Gasteiger partial charge is 0.494 e. The molecule has 3 aromatic rings. The summed E-state index contributed by atoms with van der Waals surface area (Å²) in [6.45, 7) is 5.03. The van der Waals surface area contributed by atoms with Crippen LogP contribution in [0.3, 0.4) is 0 Å². The SMILES string of the molecule is CCOc1ccc(S(=O)(=O)Nc2ccc(C(=O)NCCOc3cccc(C)c3)cc2)cc1. The summed E-state index contributed by atoms with van der Waals surface area (Å²) in [4.78, 5) is 12.4. The van der Waals surface area contributed by atoms with Gasteiger partial charge >= 0.3 is 0 Å². The minimum atomic E-state index is -3.75. The second-order valence-electron chi connectivity index (χ2n) is 7.01. The number of hydrogen-bond donors (Lipinski definition) is 2. The molecule has 0 aliphatic carbocycles. The summed E-state index contributed by atoms with van der Waals surface area (Å²) in [6.07, 6.45) is 0. The lowest BCUT2D eigenvalue weighted by atomic mass is 10.2. The van der Waals surface area contributed by atoms with Gasteiger partial charge in [0, 0.05) is 11.3 Å². The first-order valence-electron chi connectivity index (χ1n) is 10.2. The zero-order chi connectivity index (χ0) is 23.0. The molecular formula is C24H26N2O5S. The van der Waals surface area contributed by atoms with Gasteiger partial charge in [-0.3, -0.25) is 9.52 Å². The van der Waals surface area contributed by atoms with E-state index in [1.165, 1.54) is 12.1 Å². The summed E-state index contributed by atoms with van der Waals surface area (Å²) in [7, 11) is -3.75. The molecule has 0 atom stereocenters. The Balaban J connectivity index is 1.51. The van der Waals surface area contributed by atoms with Gasteiger partial charge in [-0.1, -0.05) is 12.1 Å². The van der Waals surface area contributed by atoms with Crippen molar-refractivity contribution in [1.29, 1.82) is 0 Å². The lowest BCUT2D eigenvalue weighted by molar-refractivity contribution is 0.0947. The number of aryl methyl sites for hydroxylation is 1. The zero-order valence-electron chi connectivity index (χ0n) is 18.0. The number of nitrogens with one attached hydrogen (secondary N) is 2. The molecule has 3 aromatic carbocycles. The number of rotatable bonds is 10. The minimum Gasteiger partial charge on any atom is -0.494 e. The van der Waals surface area contributed by atoms with Gasteiger partial charge in [-0.25, -0.2) is 8.42 Å². The summed E-state index contributed by atoms with van der Waals surface area (Å²) in [6, 6.07) is 20.1. The maximum Gasteiger partial charge on any atom is 0.261 e. The van der Waals surface area contributed by atoms with E-state index < -0.39 is 10.0 Å². The Bertz CT molecular complexity index is 1140. The molecule has 3 rings (SSSR count). The summed E-state index contributed by atoms with van der Waals surface area (Å²) in [5.41, 5.74) is 1.88. The van der Waals surface area contributed by atoms with Crippen LogP contribution >= 0.6 is 0 Å². The highest BCUT2D eigenvalue weighted by molar-refractivity contribution is 7.92. The summed E-state index contributed by atoms with van der Waals surface area (Å²) in [5, 5.41) is 2.78. The summed E-state index contributed by atoms with van der Waals surface area (Å²) < 4.78 is 38.6. The number of benzene rings is 3. The van der Waals surface area contributed by atoms with Gasteiger partial charge in [0.25, 0.3) is 15.9 Å². The number of hydrogen-bond acceptors (Lipinski definition) is 5. The van der Waals surface area contributed by atoms with Crippen molar-refractivity contribution in [3.8, 4) is 11.5 Å². The van der Waals surface area contributed by atoms with E-state index in [1.807, 2.05) is 38.1 Å². The fraction of sp³-hybridized carbons (Fsp3) is 0.208. The maximum atomic E-state index is 12.6. The molecule has 0 radical (unpaired) electrons. The highest BCUT2D eigenvalue weighted by Gasteiger charge is 2.15. The van der Waals surface area contributed by atoms with Crippen LogP contribution in [0.1, 0.15) is 22.8 Å². The highest BCUT2D eigenvalue weighted by atomic mass is 32.2. The molecule has 0 bridgehead atoms. The Labute approximate surface area is 188 Å². The molecule has 0 heterocycles. The molecule has 7 nitrogen and oxygen atoms in total. The Morgan fingerprint density at radius 1 is 0.906 bits per heavy atom. The smallest absolute Gasteiger partial charge is 0.261 e. The van der Waals surface area contributed by atoms with Crippen LogP contribution < -0.4 is 19.5 Å². The fourth-order valence-electron chi connectivity index (χ4n) is 2.93. The van der Waals surface area contributed by atoms with Crippen molar-refractivity contribution < 1.29 is 22.7 Å². The second kappa shape index (κ2) is 10.7. The van der Waals surface area contributed by atoms with E-state index in [0.29, 0.717) is 36.8 Å². The summed E-state index contributed by atoms with van der Waals surface area (Å²) in [5.74, 6) is 1.09. The first kappa shape index (κ1) is 23.1. The predicted molar refractivity (Wildman–Crippen MR) is 124 cm³/mol. The third-order valence-electron chi connectivity index (χ3n) is 4.49. The molecule has 0 saturated carbocycles. The van der Waals surface area contributed by atoms with Gasteiger partial charge in [0.2, 0.25) is 0 Å². The molecule has 1 amide bonds. The third-order valence-corrected chi connectivity index (χ3v) is 5.89. The molecule has 0 unspecified atom stereocenters. The standard InChI is InChI=1S/C24H26N2O5S/c1-3-30-21-11-13-23(14-12-21)32(28,29)26-20-9-7-19(8-10-20)24(27)25-15-16-31-22-6-4-5-18(2)17-22/h4-14,17,26H,3,15-16H2,1-2H3,(H,25,27). The van der Waals surface area contributed by atoms with Crippen molar-refractivity contribution in [3.05, 3.63) is 83.9 Å². The van der Waals surface area contributed by atoms with Crippen LogP contribution in [-0.4, -0.2) is 34.1 Å². The Kier molecular flexibility index (Phi) is 7.72. The number of ether oxygens (including phenoxy) is 2. The van der Waals surface area contributed by atoms with Crippen molar-refractivity contribution in [2.75, 3.05) is 24.5 Å². The number of anilines is 1. The van der Waals surface area contributed by atoms with Gasteiger partial charge in [0.1, 0.15) is 18.1 Å². The quantitative estimate of drug-likeness (QED) is 0.452. The Morgan fingerprint density at radius 2 is 1.62 bits per heavy atom. The van der Waals surface area contributed by atoms with Crippen molar-refractivity contribution in [3.63, 3.8) is 0 Å². The molecule has 2 N–H and O–H groups in total. The zero-order valence-corrected chi connectivity index (χ0v) is 18.8. The van der Waals surface area contributed by atoms with Gasteiger partial charge in [-0.2, -0.15) is 0 Å². The molecule has 0 fully saturated rings. The van der Waals surface area contributed by atoms with Gasteiger partial charge in [0.15, 0.2) is 0 Å². The van der Waals surface area contributed by atoms with Crippen LogP contribution in [0.2, 0.25) is 0 Å². The highest BCUT2D eigenvalue weighted by Crippen LogP contribution is 2.20.